The van der Waals surface area contributed by atoms with E-state index < -0.39 is 0 Å². The van der Waals surface area contributed by atoms with E-state index in [1.165, 1.54) is 19.4 Å². The molecule has 0 radical (unpaired) electrons. The molecule has 0 fully saturated rings. The van der Waals surface area contributed by atoms with E-state index >= 15 is 0 Å². The van der Waals surface area contributed by atoms with E-state index in [1.54, 1.807) is 11.6 Å². The van der Waals surface area contributed by atoms with Crippen LogP contribution in [0.1, 0.15) is 10.5 Å². The van der Waals surface area contributed by atoms with E-state index in [0.29, 0.717) is 5.69 Å². The molecular weight excluding hydrogens is 292 g/mol. The van der Waals surface area contributed by atoms with Crippen LogP contribution in [0.25, 0.3) is 10.8 Å². The van der Waals surface area contributed by atoms with Crippen molar-refractivity contribution in [2.24, 2.45) is 7.05 Å². The fourth-order valence-electron chi connectivity index (χ4n) is 2.51. The van der Waals surface area contributed by atoms with Gasteiger partial charge in [-0.3, -0.25) is 9.59 Å². The fraction of sp³-hybridized carbons (Fsp3) is 0.111. The second kappa shape index (κ2) is 5.96. The van der Waals surface area contributed by atoms with E-state index in [2.05, 4.69) is 5.32 Å². The number of nitrogens with zero attached hydrogens (tertiary/aromatic N) is 1. The Bertz CT molecular complexity index is 939. The zero-order chi connectivity index (χ0) is 16.4. The molecule has 0 aliphatic carbocycles. The molecule has 0 saturated carbocycles. The summed E-state index contributed by atoms with van der Waals surface area (Å²) < 4.78 is 6.54. The van der Waals surface area contributed by atoms with Gasteiger partial charge in [-0.2, -0.15) is 0 Å². The minimum absolute atomic E-state index is 0.203. The maximum atomic E-state index is 12.5. The van der Waals surface area contributed by atoms with E-state index in [1.807, 2.05) is 42.5 Å². The van der Waals surface area contributed by atoms with Crippen molar-refractivity contribution in [2.45, 2.75) is 0 Å². The standard InChI is InChI=1S/C18H16N2O3/c1-20-11-17(23-2)16(21)10-15(20)18(22)19-14-9-5-7-12-6-3-4-8-13(12)14/h3-11H,1-2H3,(H,19,22). The predicted molar refractivity (Wildman–Crippen MR) is 90.1 cm³/mol. The van der Waals surface area contributed by atoms with Crippen molar-refractivity contribution in [2.75, 3.05) is 12.4 Å². The van der Waals surface area contributed by atoms with Crippen molar-refractivity contribution in [1.82, 2.24) is 4.57 Å². The highest BCUT2D eigenvalue weighted by molar-refractivity contribution is 6.08. The first-order valence-electron chi connectivity index (χ1n) is 7.14. The van der Waals surface area contributed by atoms with Gasteiger partial charge < -0.3 is 14.6 Å². The van der Waals surface area contributed by atoms with Crippen LogP contribution in [0.5, 0.6) is 5.75 Å². The van der Waals surface area contributed by atoms with Crippen LogP contribution >= 0.6 is 0 Å². The highest BCUT2D eigenvalue weighted by Gasteiger charge is 2.13. The molecule has 3 rings (SSSR count). The second-order valence-corrected chi connectivity index (χ2v) is 5.18. The number of ether oxygens (including phenoxy) is 1. The van der Waals surface area contributed by atoms with E-state index in [0.717, 1.165) is 10.8 Å². The van der Waals surface area contributed by atoms with Gasteiger partial charge in [0.2, 0.25) is 5.43 Å². The molecule has 5 heteroatoms. The van der Waals surface area contributed by atoms with Crippen molar-refractivity contribution < 1.29 is 9.53 Å². The number of amides is 1. The molecule has 2 aromatic carbocycles. The number of nitrogens with one attached hydrogen (secondary N) is 1. The lowest BCUT2D eigenvalue weighted by Gasteiger charge is -2.12. The Labute approximate surface area is 133 Å². The molecule has 116 valence electrons. The molecule has 1 heterocycles. The monoisotopic (exact) mass is 308 g/mol. The highest BCUT2D eigenvalue weighted by Crippen LogP contribution is 2.23. The number of pyridine rings is 1. The molecule has 1 N–H and O–H groups in total. The number of methoxy groups -OCH3 is 1. The van der Waals surface area contributed by atoms with Gasteiger partial charge >= 0.3 is 0 Å². The first-order chi connectivity index (χ1) is 11.1. The average Bonchev–Trinajstić information content (AvgIpc) is 2.56. The molecular formula is C18H16N2O3. The minimum atomic E-state index is -0.344. The SMILES string of the molecule is COc1cn(C)c(C(=O)Nc2cccc3ccccc23)cc1=O. The molecule has 0 atom stereocenters. The lowest BCUT2D eigenvalue weighted by Crippen LogP contribution is -2.21. The topological polar surface area (TPSA) is 60.3 Å². The van der Waals surface area contributed by atoms with Crippen molar-refractivity contribution in [3.05, 3.63) is 70.6 Å². The van der Waals surface area contributed by atoms with E-state index in [4.69, 9.17) is 4.74 Å². The molecule has 1 amide bonds. The van der Waals surface area contributed by atoms with Gasteiger partial charge in [-0.1, -0.05) is 36.4 Å². The number of benzene rings is 2. The second-order valence-electron chi connectivity index (χ2n) is 5.18. The Balaban J connectivity index is 1.98. The van der Waals surface area contributed by atoms with Crippen LogP contribution in [0.4, 0.5) is 5.69 Å². The number of carbonyl (C=O) groups excluding carboxylic acids is 1. The number of fused-ring (bicyclic) bond motifs is 1. The van der Waals surface area contributed by atoms with Gasteiger partial charge in [0.15, 0.2) is 5.75 Å². The number of aryl methyl sites for hydroxylation is 1. The Morgan fingerprint density at radius 1 is 1.13 bits per heavy atom. The summed E-state index contributed by atoms with van der Waals surface area (Å²) in [5.41, 5.74) is 0.647. The van der Waals surface area contributed by atoms with Gasteiger partial charge in [0, 0.05) is 24.2 Å². The summed E-state index contributed by atoms with van der Waals surface area (Å²) in [6.45, 7) is 0. The normalized spacial score (nSPS) is 10.5. The van der Waals surface area contributed by atoms with Crippen molar-refractivity contribution in [1.29, 1.82) is 0 Å². The molecule has 23 heavy (non-hydrogen) atoms. The summed E-state index contributed by atoms with van der Waals surface area (Å²) in [7, 11) is 3.12. The number of anilines is 1. The summed E-state index contributed by atoms with van der Waals surface area (Å²) in [5, 5.41) is 4.85. The highest BCUT2D eigenvalue weighted by atomic mass is 16.5. The molecule has 0 saturated heterocycles. The molecule has 0 bridgehead atoms. The van der Waals surface area contributed by atoms with Gasteiger partial charge in [-0.15, -0.1) is 0 Å². The van der Waals surface area contributed by atoms with Crippen LogP contribution in [-0.4, -0.2) is 17.6 Å². The zero-order valence-electron chi connectivity index (χ0n) is 12.9. The Morgan fingerprint density at radius 3 is 2.65 bits per heavy atom. The van der Waals surface area contributed by atoms with E-state index in [9.17, 15) is 9.59 Å². The molecule has 0 unspecified atom stereocenters. The number of rotatable bonds is 3. The first kappa shape index (κ1) is 14.8. The van der Waals surface area contributed by atoms with E-state index in [-0.39, 0.29) is 22.8 Å². The fourth-order valence-corrected chi connectivity index (χ4v) is 2.51. The first-order valence-corrected chi connectivity index (χ1v) is 7.14. The van der Waals surface area contributed by atoms with Crippen LogP contribution in [-0.2, 0) is 7.05 Å². The maximum Gasteiger partial charge on any atom is 0.272 e. The third-order valence-corrected chi connectivity index (χ3v) is 3.69. The maximum absolute atomic E-state index is 12.5. The van der Waals surface area contributed by atoms with Crippen LogP contribution in [0.3, 0.4) is 0 Å². The summed E-state index contributed by atoms with van der Waals surface area (Å²) in [5.74, 6) is -0.141. The molecule has 3 aromatic rings. The Hall–Kier alpha value is -3.08. The number of hydrogen-bond donors (Lipinski definition) is 1. The van der Waals surface area contributed by atoms with Crippen LogP contribution < -0.4 is 15.5 Å². The number of aromatic nitrogens is 1. The van der Waals surface area contributed by atoms with Crippen LogP contribution in [0.15, 0.2) is 59.5 Å². The van der Waals surface area contributed by atoms with Gasteiger partial charge in [0.25, 0.3) is 5.91 Å². The lowest BCUT2D eigenvalue weighted by molar-refractivity contribution is 0.101. The van der Waals surface area contributed by atoms with Crippen molar-refractivity contribution in [3.8, 4) is 5.75 Å². The summed E-state index contributed by atoms with van der Waals surface area (Å²) in [4.78, 5) is 24.4. The summed E-state index contributed by atoms with van der Waals surface area (Å²) in [6.07, 6.45) is 1.50. The Morgan fingerprint density at radius 2 is 1.87 bits per heavy atom. The number of carbonyl (C=O) groups is 1. The summed E-state index contributed by atoms with van der Waals surface area (Å²) >= 11 is 0. The molecule has 0 aliphatic heterocycles. The average molecular weight is 308 g/mol. The molecule has 0 aliphatic rings. The van der Waals surface area contributed by atoms with Crippen LogP contribution in [0, 0.1) is 0 Å². The molecule has 1 aromatic heterocycles. The van der Waals surface area contributed by atoms with Crippen LogP contribution in [0.2, 0.25) is 0 Å². The van der Waals surface area contributed by atoms with Crippen molar-refractivity contribution >= 4 is 22.4 Å². The quantitative estimate of drug-likeness (QED) is 0.809. The number of hydrogen-bond acceptors (Lipinski definition) is 3. The lowest BCUT2D eigenvalue weighted by atomic mass is 10.1. The largest absolute Gasteiger partial charge is 0.491 e. The molecule has 5 nitrogen and oxygen atoms in total. The summed E-state index contributed by atoms with van der Waals surface area (Å²) in [6, 6.07) is 14.8. The van der Waals surface area contributed by atoms with Gasteiger partial charge in [-0.05, 0) is 11.5 Å². The van der Waals surface area contributed by atoms with Gasteiger partial charge in [-0.25, -0.2) is 0 Å². The molecule has 0 spiro atoms. The Kier molecular flexibility index (Phi) is 3.85. The predicted octanol–water partition coefficient (Wildman–Crippen LogP) is 2.80. The van der Waals surface area contributed by atoms with Gasteiger partial charge in [0.05, 0.1) is 13.3 Å². The third-order valence-electron chi connectivity index (χ3n) is 3.69. The van der Waals surface area contributed by atoms with Crippen molar-refractivity contribution in [3.63, 3.8) is 0 Å². The smallest absolute Gasteiger partial charge is 0.272 e. The van der Waals surface area contributed by atoms with Gasteiger partial charge in [0.1, 0.15) is 5.69 Å². The minimum Gasteiger partial charge on any atom is -0.491 e. The zero-order valence-corrected chi connectivity index (χ0v) is 12.9. The third kappa shape index (κ3) is 2.81.